The summed E-state index contributed by atoms with van der Waals surface area (Å²) < 4.78 is 51.9. The summed E-state index contributed by atoms with van der Waals surface area (Å²) in [7, 11) is 0. The molecule has 1 heterocycles. The summed E-state index contributed by atoms with van der Waals surface area (Å²) in [6.07, 6.45) is 12.3. The quantitative estimate of drug-likeness (QED) is 0.152. The molecule has 7 nitrogen and oxygen atoms in total. The van der Waals surface area contributed by atoms with Gasteiger partial charge in [0.1, 0.15) is 17.4 Å². The van der Waals surface area contributed by atoms with E-state index in [1.165, 1.54) is 51.0 Å². The highest BCUT2D eigenvalue weighted by molar-refractivity contribution is 5.93. The Hall–Kier alpha value is -1.71. The standard InChI is InChI=1S/C40H62F2O7/c1-6-7-8-9-10-11-12-13-14-15-16-17-32(44)34-35(46)47-26-33(45)40(49-36(2,3)48-34)21-19-28-29-25-31(41)30-24-27(43)18-20-37(30,4)39(29,42)23-22-38(28,40)5/h24,28-29,31-32,34,44H,6-23,25-26H2,1-5H3/t28-,29-,31-,32?,34?,37-,38-,39+,40-/m0/s1. The van der Waals surface area contributed by atoms with Crippen molar-refractivity contribution < 1.29 is 42.5 Å². The van der Waals surface area contributed by atoms with Crippen LogP contribution in [0.4, 0.5) is 8.78 Å². The van der Waals surface area contributed by atoms with Gasteiger partial charge < -0.3 is 19.3 Å². The second-order valence-electron chi connectivity index (χ2n) is 16.9. The molecule has 278 valence electrons. The zero-order valence-corrected chi connectivity index (χ0v) is 30.8. The van der Waals surface area contributed by atoms with Crippen molar-refractivity contribution in [2.24, 2.45) is 22.7 Å². The number of unbranched alkanes of at least 4 members (excludes halogenated alkanes) is 10. The van der Waals surface area contributed by atoms with E-state index in [0.29, 0.717) is 19.3 Å². The van der Waals surface area contributed by atoms with Gasteiger partial charge in [0.15, 0.2) is 24.3 Å². The summed E-state index contributed by atoms with van der Waals surface area (Å²) in [5.74, 6) is -3.83. The Bertz CT molecular complexity index is 1250. The number of alkyl halides is 2. The Morgan fingerprint density at radius 3 is 2.16 bits per heavy atom. The molecule has 4 aliphatic carbocycles. The van der Waals surface area contributed by atoms with Gasteiger partial charge in [-0.25, -0.2) is 13.6 Å². The zero-order valence-electron chi connectivity index (χ0n) is 30.8. The molecule has 49 heavy (non-hydrogen) atoms. The minimum absolute atomic E-state index is 0.0437. The van der Waals surface area contributed by atoms with Crippen LogP contribution in [0.1, 0.15) is 157 Å². The third-order valence-corrected chi connectivity index (χ3v) is 13.5. The second kappa shape index (κ2) is 15.1. The van der Waals surface area contributed by atoms with Crippen LogP contribution in [0.2, 0.25) is 0 Å². The normalized spacial score (nSPS) is 39.6. The van der Waals surface area contributed by atoms with Crippen LogP contribution in [0.15, 0.2) is 11.6 Å². The number of Topliss-reactive ketones (excluding diaryl/α,β-unsaturated/α-hetero) is 1. The SMILES string of the molecule is CCCCCCCCCCCCCC(O)C1OC(C)(C)O[C@@]2(CC[C@H]3[C@@H]4C[C@H](F)C5=CC(=O)CC[C@]5(C)[C@@]4(F)CC[C@@]32C)C(=O)COC1=O. The summed E-state index contributed by atoms with van der Waals surface area (Å²) in [6, 6.07) is 0. The number of hydrogen-bond donors (Lipinski definition) is 1. The van der Waals surface area contributed by atoms with Crippen molar-refractivity contribution in [1.29, 1.82) is 0 Å². The van der Waals surface area contributed by atoms with E-state index in [9.17, 15) is 19.5 Å². The molecule has 9 atom stereocenters. The first kappa shape index (κ1) is 38.5. The first-order chi connectivity index (χ1) is 23.1. The molecule has 5 aliphatic rings. The fraction of sp³-hybridized carbons (Fsp3) is 0.875. The Kier molecular flexibility index (Phi) is 11.9. The average molecular weight is 693 g/mol. The van der Waals surface area contributed by atoms with Crippen molar-refractivity contribution in [3.05, 3.63) is 11.6 Å². The maximum absolute atomic E-state index is 17.5. The Morgan fingerprint density at radius 2 is 1.51 bits per heavy atom. The molecule has 0 bridgehead atoms. The van der Waals surface area contributed by atoms with Crippen molar-refractivity contribution in [3.63, 3.8) is 0 Å². The number of hydrogen-bond acceptors (Lipinski definition) is 7. The Labute approximate surface area is 292 Å². The number of carbonyl (C=O) groups excluding carboxylic acids is 3. The molecule has 4 fully saturated rings. The van der Waals surface area contributed by atoms with Crippen LogP contribution in [0, 0.1) is 22.7 Å². The van der Waals surface area contributed by atoms with Gasteiger partial charge in [-0.15, -0.1) is 0 Å². The van der Waals surface area contributed by atoms with Crippen LogP contribution in [-0.4, -0.2) is 64.7 Å². The van der Waals surface area contributed by atoms with Crippen molar-refractivity contribution in [3.8, 4) is 0 Å². The molecule has 5 rings (SSSR count). The summed E-state index contributed by atoms with van der Waals surface area (Å²) in [5, 5.41) is 11.1. The minimum atomic E-state index is -1.72. The first-order valence-corrected chi connectivity index (χ1v) is 19.5. The number of fused-ring (bicyclic) bond motifs is 6. The summed E-state index contributed by atoms with van der Waals surface area (Å²) in [6.45, 7) is 8.71. The number of rotatable bonds is 13. The molecular weight excluding hydrogens is 630 g/mol. The fourth-order valence-corrected chi connectivity index (χ4v) is 10.7. The number of cyclic esters (lactones) is 1. The van der Waals surface area contributed by atoms with Crippen LogP contribution in [0.3, 0.4) is 0 Å². The topological polar surface area (TPSA) is 99.1 Å². The summed E-state index contributed by atoms with van der Waals surface area (Å²) >= 11 is 0. The third kappa shape index (κ3) is 7.20. The molecule has 1 N–H and O–H groups in total. The van der Waals surface area contributed by atoms with Gasteiger partial charge >= 0.3 is 5.97 Å². The molecule has 0 radical (unpaired) electrons. The van der Waals surface area contributed by atoms with Crippen LogP contribution in [0.25, 0.3) is 0 Å². The van der Waals surface area contributed by atoms with E-state index in [-0.39, 0.29) is 49.4 Å². The maximum Gasteiger partial charge on any atom is 0.338 e. The lowest BCUT2D eigenvalue weighted by molar-refractivity contribution is -0.308. The predicted molar refractivity (Wildman–Crippen MR) is 183 cm³/mol. The van der Waals surface area contributed by atoms with Gasteiger partial charge in [0.05, 0.1) is 6.10 Å². The lowest BCUT2D eigenvalue weighted by Gasteiger charge is -2.63. The van der Waals surface area contributed by atoms with Crippen LogP contribution >= 0.6 is 0 Å². The van der Waals surface area contributed by atoms with Crippen molar-refractivity contribution in [1.82, 2.24) is 0 Å². The number of allylic oxidation sites excluding steroid dienone is 1. The number of aliphatic hydroxyl groups is 1. The molecule has 0 amide bonds. The highest BCUT2D eigenvalue weighted by Gasteiger charge is 2.74. The summed E-state index contributed by atoms with van der Waals surface area (Å²) in [5.41, 5.74) is -4.83. The smallest absolute Gasteiger partial charge is 0.338 e. The Balaban J connectivity index is 1.24. The summed E-state index contributed by atoms with van der Waals surface area (Å²) in [4.78, 5) is 39.7. The highest BCUT2D eigenvalue weighted by Crippen LogP contribution is 2.71. The second-order valence-corrected chi connectivity index (χ2v) is 16.9. The first-order valence-electron chi connectivity index (χ1n) is 19.5. The molecular formula is C40H62F2O7. The van der Waals surface area contributed by atoms with E-state index >= 15 is 8.78 Å². The molecule has 3 saturated carbocycles. The largest absolute Gasteiger partial charge is 0.456 e. The zero-order chi connectivity index (χ0) is 35.7. The number of carbonyl (C=O) groups is 3. The third-order valence-electron chi connectivity index (χ3n) is 13.5. The van der Waals surface area contributed by atoms with Crippen molar-refractivity contribution in [2.45, 2.75) is 192 Å². The number of halogens is 2. The maximum atomic E-state index is 17.5. The van der Waals surface area contributed by atoms with Crippen LogP contribution < -0.4 is 0 Å². The molecule has 0 aromatic carbocycles. The minimum Gasteiger partial charge on any atom is -0.456 e. The predicted octanol–water partition coefficient (Wildman–Crippen LogP) is 8.62. The molecule has 1 spiro atoms. The van der Waals surface area contributed by atoms with Crippen LogP contribution in [-0.2, 0) is 28.6 Å². The van der Waals surface area contributed by atoms with Gasteiger partial charge in [0, 0.05) is 23.2 Å². The van der Waals surface area contributed by atoms with Gasteiger partial charge in [0.2, 0.25) is 5.78 Å². The monoisotopic (exact) mass is 692 g/mol. The molecule has 0 aromatic heterocycles. The van der Waals surface area contributed by atoms with Gasteiger partial charge in [0.25, 0.3) is 0 Å². The number of aliphatic hydroxyl groups excluding tert-OH is 1. The van der Waals surface area contributed by atoms with E-state index in [1.807, 2.05) is 6.92 Å². The molecule has 2 unspecified atom stereocenters. The lowest BCUT2D eigenvalue weighted by Crippen LogP contribution is -2.66. The molecule has 9 heteroatoms. The van der Waals surface area contributed by atoms with Crippen molar-refractivity contribution in [2.75, 3.05) is 6.61 Å². The van der Waals surface area contributed by atoms with E-state index in [1.54, 1.807) is 20.8 Å². The van der Waals surface area contributed by atoms with Gasteiger partial charge in [-0.3, -0.25) is 9.59 Å². The Morgan fingerprint density at radius 1 is 0.878 bits per heavy atom. The van der Waals surface area contributed by atoms with E-state index in [2.05, 4.69) is 6.92 Å². The van der Waals surface area contributed by atoms with E-state index in [4.69, 9.17) is 14.2 Å². The van der Waals surface area contributed by atoms with Gasteiger partial charge in [-0.05, 0) is 76.4 Å². The van der Waals surface area contributed by atoms with Crippen molar-refractivity contribution >= 4 is 17.5 Å². The lowest BCUT2D eigenvalue weighted by atomic mass is 9.44. The highest BCUT2D eigenvalue weighted by atomic mass is 19.1. The van der Waals surface area contributed by atoms with E-state index in [0.717, 1.165) is 25.7 Å². The average Bonchev–Trinajstić information content (AvgIpc) is 3.36. The number of ketones is 2. The molecule has 0 aromatic rings. The van der Waals surface area contributed by atoms with Gasteiger partial charge in [-0.2, -0.15) is 0 Å². The molecule has 1 aliphatic heterocycles. The van der Waals surface area contributed by atoms with Crippen LogP contribution in [0.5, 0.6) is 0 Å². The van der Waals surface area contributed by atoms with Gasteiger partial charge in [-0.1, -0.05) is 91.4 Å². The fourth-order valence-electron chi connectivity index (χ4n) is 10.7. The van der Waals surface area contributed by atoms with E-state index < -0.39 is 70.5 Å². The molecule has 1 saturated heterocycles. The number of ether oxygens (including phenoxy) is 3. The number of esters is 1.